The average molecular weight is 279 g/mol. The van der Waals surface area contributed by atoms with Gasteiger partial charge in [0.1, 0.15) is 5.69 Å². The zero-order chi connectivity index (χ0) is 14.7. The Kier molecular flexibility index (Phi) is 4.44. The van der Waals surface area contributed by atoms with Gasteiger partial charge in [-0.1, -0.05) is 13.0 Å². The zero-order valence-corrected chi connectivity index (χ0v) is 11.9. The molecule has 2 unspecified atom stereocenters. The lowest BCUT2D eigenvalue weighted by Gasteiger charge is -2.37. The minimum absolute atomic E-state index is 0.0420. The van der Waals surface area contributed by atoms with Gasteiger partial charge in [0.15, 0.2) is 5.75 Å². The van der Waals surface area contributed by atoms with Crippen LogP contribution in [0.15, 0.2) is 18.2 Å². The SMILES string of the molecule is COc1cccc(N2CCC(C)C(CN)C2)c1[N+](=O)[O-]. The van der Waals surface area contributed by atoms with Gasteiger partial charge >= 0.3 is 5.69 Å². The lowest BCUT2D eigenvalue weighted by molar-refractivity contribution is -0.385. The number of nitro groups is 1. The summed E-state index contributed by atoms with van der Waals surface area (Å²) in [5.74, 6) is 1.23. The molecule has 0 aliphatic carbocycles. The molecule has 0 bridgehead atoms. The van der Waals surface area contributed by atoms with E-state index >= 15 is 0 Å². The molecule has 110 valence electrons. The van der Waals surface area contributed by atoms with Gasteiger partial charge in [-0.15, -0.1) is 0 Å². The molecule has 2 atom stereocenters. The Labute approximate surface area is 118 Å². The number of benzene rings is 1. The Morgan fingerprint density at radius 2 is 2.30 bits per heavy atom. The smallest absolute Gasteiger partial charge is 0.333 e. The van der Waals surface area contributed by atoms with Gasteiger partial charge in [-0.3, -0.25) is 10.1 Å². The maximum Gasteiger partial charge on any atom is 0.333 e. The van der Waals surface area contributed by atoms with E-state index < -0.39 is 0 Å². The molecular formula is C14H21N3O3. The van der Waals surface area contributed by atoms with Gasteiger partial charge in [0.2, 0.25) is 0 Å². The van der Waals surface area contributed by atoms with Gasteiger partial charge in [0, 0.05) is 13.1 Å². The molecule has 2 N–H and O–H groups in total. The van der Waals surface area contributed by atoms with Crippen molar-refractivity contribution in [3.8, 4) is 5.75 Å². The van der Waals surface area contributed by atoms with Crippen molar-refractivity contribution < 1.29 is 9.66 Å². The van der Waals surface area contributed by atoms with Crippen LogP contribution in [0.4, 0.5) is 11.4 Å². The molecule has 1 aliphatic rings. The highest BCUT2D eigenvalue weighted by molar-refractivity contribution is 5.70. The molecule has 0 aromatic heterocycles. The van der Waals surface area contributed by atoms with Gasteiger partial charge in [-0.2, -0.15) is 0 Å². The van der Waals surface area contributed by atoms with Gasteiger partial charge in [0.25, 0.3) is 0 Å². The van der Waals surface area contributed by atoms with E-state index in [1.807, 2.05) is 0 Å². The highest BCUT2D eigenvalue weighted by Gasteiger charge is 2.30. The van der Waals surface area contributed by atoms with Crippen molar-refractivity contribution in [2.75, 3.05) is 31.6 Å². The van der Waals surface area contributed by atoms with Crippen LogP contribution in [0.5, 0.6) is 5.75 Å². The maximum atomic E-state index is 11.3. The highest BCUT2D eigenvalue weighted by atomic mass is 16.6. The molecule has 1 fully saturated rings. The zero-order valence-electron chi connectivity index (χ0n) is 11.9. The molecule has 1 saturated heterocycles. The third kappa shape index (κ3) is 2.70. The number of ether oxygens (including phenoxy) is 1. The van der Waals surface area contributed by atoms with Crippen molar-refractivity contribution in [3.63, 3.8) is 0 Å². The number of para-hydroxylation sites is 1. The van der Waals surface area contributed by atoms with Gasteiger partial charge < -0.3 is 15.4 Å². The molecule has 0 spiro atoms. The van der Waals surface area contributed by atoms with E-state index in [9.17, 15) is 10.1 Å². The number of nitrogens with zero attached hydrogens (tertiary/aromatic N) is 2. The quantitative estimate of drug-likeness (QED) is 0.673. The Morgan fingerprint density at radius 3 is 2.90 bits per heavy atom. The van der Waals surface area contributed by atoms with Crippen molar-refractivity contribution in [1.29, 1.82) is 0 Å². The third-order valence-electron chi connectivity index (χ3n) is 4.14. The van der Waals surface area contributed by atoms with Crippen LogP contribution >= 0.6 is 0 Å². The summed E-state index contributed by atoms with van der Waals surface area (Å²) in [4.78, 5) is 13.0. The van der Waals surface area contributed by atoms with Gasteiger partial charge in [-0.05, 0) is 36.9 Å². The Bertz CT molecular complexity index is 493. The van der Waals surface area contributed by atoms with E-state index in [-0.39, 0.29) is 10.6 Å². The van der Waals surface area contributed by atoms with Gasteiger partial charge in [-0.25, -0.2) is 0 Å². The van der Waals surface area contributed by atoms with Crippen LogP contribution in [0.1, 0.15) is 13.3 Å². The summed E-state index contributed by atoms with van der Waals surface area (Å²) < 4.78 is 5.12. The minimum Gasteiger partial charge on any atom is -0.490 e. The molecular weight excluding hydrogens is 258 g/mol. The van der Waals surface area contributed by atoms with Crippen LogP contribution in [-0.4, -0.2) is 31.7 Å². The summed E-state index contributed by atoms with van der Waals surface area (Å²) in [5.41, 5.74) is 6.47. The van der Waals surface area contributed by atoms with Gasteiger partial charge in [0.05, 0.1) is 12.0 Å². The molecule has 0 saturated carbocycles. The van der Waals surface area contributed by atoms with E-state index in [0.717, 1.165) is 19.5 Å². The first-order valence-electron chi connectivity index (χ1n) is 6.84. The lowest BCUT2D eigenvalue weighted by atomic mass is 9.87. The minimum atomic E-state index is -0.371. The van der Waals surface area contributed by atoms with E-state index in [1.165, 1.54) is 7.11 Å². The van der Waals surface area contributed by atoms with Crippen molar-refractivity contribution in [3.05, 3.63) is 28.3 Å². The number of hydrogen-bond donors (Lipinski definition) is 1. The summed E-state index contributed by atoms with van der Waals surface area (Å²) in [6, 6.07) is 5.19. The predicted molar refractivity (Wildman–Crippen MR) is 78.2 cm³/mol. The molecule has 1 heterocycles. The van der Waals surface area contributed by atoms with Crippen molar-refractivity contribution >= 4 is 11.4 Å². The summed E-state index contributed by atoms with van der Waals surface area (Å²) in [5, 5.41) is 11.3. The first-order valence-corrected chi connectivity index (χ1v) is 6.84. The Morgan fingerprint density at radius 1 is 1.55 bits per heavy atom. The number of hydrogen-bond acceptors (Lipinski definition) is 5. The van der Waals surface area contributed by atoms with Crippen molar-refractivity contribution in [2.24, 2.45) is 17.6 Å². The molecule has 2 rings (SSSR count). The molecule has 0 amide bonds. The molecule has 1 aliphatic heterocycles. The van der Waals surface area contributed by atoms with Crippen LogP contribution in [0.25, 0.3) is 0 Å². The Balaban J connectivity index is 2.35. The molecule has 6 nitrogen and oxygen atoms in total. The molecule has 1 aromatic rings. The molecule has 0 radical (unpaired) electrons. The van der Waals surface area contributed by atoms with Crippen LogP contribution in [-0.2, 0) is 0 Å². The average Bonchev–Trinajstić information content (AvgIpc) is 2.46. The van der Waals surface area contributed by atoms with Crippen LogP contribution in [0, 0.1) is 22.0 Å². The second kappa shape index (κ2) is 6.09. The summed E-state index contributed by atoms with van der Waals surface area (Å²) >= 11 is 0. The van der Waals surface area contributed by atoms with Crippen molar-refractivity contribution in [1.82, 2.24) is 0 Å². The predicted octanol–water partition coefficient (Wildman–Crippen LogP) is 2.02. The number of rotatable bonds is 4. The monoisotopic (exact) mass is 279 g/mol. The second-order valence-electron chi connectivity index (χ2n) is 5.29. The standard InChI is InChI=1S/C14H21N3O3/c1-10-6-7-16(9-11(10)8-15)12-4-3-5-13(20-2)14(12)17(18)19/h3-5,10-11H,6-9,15H2,1-2H3. The van der Waals surface area contributed by atoms with Crippen LogP contribution < -0.4 is 15.4 Å². The first-order chi connectivity index (χ1) is 9.58. The van der Waals surface area contributed by atoms with E-state index in [4.69, 9.17) is 10.5 Å². The molecule has 20 heavy (non-hydrogen) atoms. The van der Waals surface area contributed by atoms with E-state index in [1.54, 1.807) is 18.2 Å². The lowest BCUT2D eigenvalue weighted by Crippen LogP contribution is -2.42. The second-order valence-corrected chi connectivity index (χ2v) is 5.29. The number of nitro benzene ring substituents is 1. The number of anilines is 1. The summed E-state index contributed by atoms with van der Waals surface area (Å²) in [6.07, 6.45) is 0.996. The number of piperidine rings is 1. The topological polar surface area (TPSA) is 81.6 Å². The van der Waals surface area contributed by atoms with E-state index in [2.05, 4.69) is 11.8 Å². The molecule has 1 aromatic carbocycles. The normalized spacial score (nSPS) is 22.6. The fourth-order valence-electron chi connectivity index (χ4n) is 2.79. The largest absolute Gasteiger partial charge is 0.490 e. The third-order valence-corrected chi connectivity index (χ3v) is 4.14. The highest BCUT2D eigenvalue weighted by Crippen LogP contribution is 2.39. The fourth-order valence-corrected chi connectivity index (χ4v) is 2.79. The molecule has 6 heteroatoms. The van der Waals surface area contributed by atoms with E-state index in [0.29, 0.717) is 29.8 Å². The number of methoxy groups -OCH3 is 1. The fraction of sp³-hybridized carbons (Fsp3) is 0.571. The van der Waals surface area contributed by atoms with Crippen molar-refractivity contribution in [2.45, 2.75) is 13.3 Å². The van der Waals surface area contributed by atoms with Crippen LogP contribution in [0.3, 0.4) is 0 Å². The maximum absolute atomic E-state index is 11.3. The Hall–Kier alpha value is -1.82. The van der Waals surface area contributed by atoms with Crippen LogP contribution in [0.2, 0.25) is 0 Å². The summed E-state index contributed by atoms with van der Waals surface area (Å²) in [7, 11) is 1.45. The summed E-state index contributed by atoms with van der Waals surface area (Å²) in [6.45, 7) is 4.36. The first kappa shape index (κ1) is 14.6. The number of nitrogens with two attached hydrogens (primary N) is 1.